The molecule has 1 aromatic carbocycles. The first kappa shape index (κ1) is 19.1. The zero-order chi connectivity index (χ0) is 19.1. The van der Waals surface area contributed by atoms with Crippen LogP contribution in [0.15, 0.2) is 18.2 Å². The molecular formula is C22H32F2N2O. The molecule has 1 heterocycles. The maximum absolute atomic E-state index is 13.7. The van der Waals surface area contributed by atoms with Gasteiger partial charge in [-0.15, -0.1) is 0 Å². The van der Waals surface area contributed by atoms with Gasteiger partial charge >= 0.3 is 0 Å². The highest BCUT2D eigenvalue weighted by Gasteiger charge is 2.51. The van der Waals surface area contributed by atoms with E-state index in [0.29, 0.717) is 17.7 Å². The first-order valence-electron chi connectivity index (χ1n) is 10.5. The third kappa shape index (κ3) is 4.14. The van der Waals surface area contributed by atoms with Crippen molar-refractivity contribution in [1.29, 1.82) is 0 Å². The Balaban J connectivity index is 1.33. The van der Waals surface area contributed by atoms with Crippen LogP contribution < -0.4 is 10.3 Å². The van der Waals surface area contributed by atoms with E-state index in [1.807, 2.05) is 0 Å². The van der Waals surface area contributed by atoms with E-state index in [4.69, 9.17) is 4.84 Å². The topological polar surface area (TPSA) is 24.5 Å². The van der Waals surface area contributed by atoms with Crippen LogP contribution in [0.5, 0.6) is 5.75 Å². The number of fused-ring (bicyclic) bond motifs is 1. The predicted octanol–water partition coefficient (Wildman–Crippen LogP) is 5.10. The van der Waals surface area contributed by atoms with Crippen molar-refractivity contribution in [3.8, 4) is 5.75 Å². The largest absolute Gasteiger partial charge is 0.408 e. The lowest BCUT2D eigenvalue weighted by atomic mass is 9.47. The maximum Gasteiger partial charge on any atom is 0.270 e. The summed E-state index contributed by atoms with van der Waals surface area (Å²) in [5, 5.41) is 0. The molecule has 0 radical (unpaired) electrons. The van der Waals surface area contributed by atoms with E-state index in [-0.39, 0.29) is 5.56 Å². The molecule has 0 bridgehead atoms. The molecule has 0 saturated heterocycles. The minimum atomic E-state index is -2.82. The molecule has 4 rings (SSSR count). The maximum atomic E-state index is 13.7. The van der Waals surface area contributed by atoms with Crippen molar-refractivity contribution in [1.82, 2.24) is 10.4 Å². The van der Waals surface area contributed by atoms with E-state index >= 15 is 0 Å². The van der Waals surface area contributed by atoms with Gasteiger partial charge in [0.05, 0.1) is 0 Å². The molecule has 1 N–H and O–H groups in total. The SMILES string of the molecule is CCC1CC2(C1)CC(CCN1CCNOc3ccc(C(C)(F)F)cc3C1)C2. The fourth-order valence-electron chi connectivity index (χ4n) is 5.44. The van der Waals surface area contributed by atoms with Crippen molar-refractivity contribution in [3.05, 3.63) is 29.3 Å². The van der Waals surface area contributed by atoms with Gasteiger partial charge in [-0.1, -0.05) is 13.3 Å². The molecule has 5 heteroatoms. The summed E-state index contributed by atoms with van der Waals surface area (Å²) < 4.78 is 27.4. The average Bonchev–Trinajstić information content (AvgIpc) is 2.52. The van der Waals surface area contributed by atoms with E-state index in [1.54, 1.807) is 12.1 Å². The zero-order valence-corrected chi connectivity index (χ0v) is 16.6. The van der Waals surface area contributed by atoms with Gasteiger partial charge in [-0.3, -0.25) is 4.90 Å². The summed E-state index contributed by atoms with van der Waals surface area (Å²) in [5.74, 6) is -0.331. The van der Waals surface area contributed by atoms with Gasteiger partial charge in [-0.25, -0.2) is 8.78 Å². The van der Waals surface area contributed by atoms with E-state index in [9.17, 15) is 8.78 Å². The molecule has 2 aliphatic carbocycles. The highest BCUT2D eigenvalue weighted by atomic mass is 19.3. The smallest absolute Gasteiger partial charge is 0.270 e. The molecule has 0 amide bonds. The number of hydrogen-bond donors (Lipinski definition) is 1. The van der Waals surface area contributed by atoms with Gasteiger partial charge < -0.3 is 4.84 Å². The third-order valence-corrected chi connectivity index (χ3v) is 6.99. The van der Waals surface area contributed by atoms with Gasteiger partial charge in [0.15, 0.2) is 5.75 Å². The van der Waals surface area contributed by atoms with Crippen LogP contribution in [-0.2, 0) is 12.5 Å². The molecule has 1 aliphatic heterocycles. The second-order valence-corrected chi connectivity index (χ2v) is 9.23. The molecular weight excluding hydrogens is 346 g/mol. The van der Waals surface area contributed by atoms with Gasteiger partial charge in [-0.2, -0.15) is 5.48 Å². The van der Waals surface area contributed by atoms with Crippen molar-refractivity contribution in [2.75, 3.05) is 19.6 Å². The summed E-state index contributed by atoms with van der Waals surface area (Å²) in [5.41, 5.74) is 4.56. The first-order valence-corrected chi connectivity index (χ1v) is 10.5. The molecule has 3 nitrogen and oxygen atoms in total. The van der Waals surface area contributed by atoms with E-state index < -0.39 is 5.92 Å². The fourth-order valence-corrected chi connectivity index (χ4v) is 5.44. The normalized spacial score (nSPS) is 31.3. The summed E-state index contributed by atoms with van der Waals surface area (Å²) in [6, 6.07) is 4.73. The number of alkyl halides is 2. The van der Waals surface area contributed by atoms with Gasteiger partial charge in [0.1, 0.15) is 0 Å². The summed E-state index contributed by atoms with van der Waals surface area (Å²) in [6.45, 7) is 6.60. The number of rotatable bonds is 5. The van der Waals surface area contributed by atoms with Gasteiger partial charge in [0.25, 0.3) is 5.92 Å². The summed E-state index contributed by atoms with van der Waals surface area (Å²) in [4.78, 5) is 7.93. The number of nitrogens with zero attached hydrogens (tertiary/aromatic N) is 1. The van der Waals surface area contributed by atoms with Crippen LogP contribution in [0, 0.1) is 17.3 Å². The zero-order valence-electron chi connectivity index (χ0n) is 16.6. The average molecular weight is 379 g/mol. The molecule has 27 heavy (non-hydrogen) atoms. The lowest BCUT2D eigenvalue weighted by Crippen LogP contribution is -2.48. The molecule has 2 fully saturated rings. The number of hydroxylamine groups is 1. The van der Waals surface area contributed by atoms with Gasteiger partial charge in [0.2, 0.25) is 0 Å². The van der Waals surface area contributed by atoms with Crippen LogP contribution in [0.1, 0.15) is 63.5 Å². The minimum Gasteiger partial charge on any atom is -0.408 e. The molecule has 0 unspecified atom stereocenters. The Labute approximate surface area is 161 Å². The second kappa shape index (κ2) is 7.32. The molecule has 150 valence electrons. The molecule has 2 saturated carbocycles. The van der Waals surface area contributed by atoms with Crippen molar-refractivity contribution >= 4 is 0 Å². The van der Waals surface area contributed by atoms with Crippen LogP contribution in [-0.4, -0.2) is 24.5 Å². The van der Waals surface area contributed by atoms with Crippen molar-refractivity contribution in [2.24, 2.45) is 17.3 Å². The Morgan fingerprint density at radius 1 is 1.22 bits per heavy atom. The van der Waals surface area contributed by atoms with Crippen LogP contribution in [0.4, 0.5) is 8.78 Å². The Morgan fingerprint density at radius 3 is 2.67 bits per heavy atom. The Bertz CT molecular complexity index is 659. The number of nitrogens with one attached hydrogen (secondary N) is 1. The van der Waals surface area contributed by atoms with Crippen LogP contribution in [0.25, 0.3) is 0 Å². The van der Waals surface area contributed by atoms with Crippen LogP contribution in [0.2, 0.25) is 0 Å². The van der Waals surface area contributed by atoms with Gasteiger partial charge in [-0.05, 0) is 74.1 Å². The van der Waals surface area contributed by atoms with E-state index in [1.165, 1.54) is 44.6 Å². The predicted molar refractivity (Wildman–Crippen MR) is 103 cm³/mol. The minimum absolute atomic E-state index is 0.0572. The molecule has 0 atom stereocenters. The highest BCUT2D eigenvalue weighted by Crippen LogP contribution is 2.62. The standard InChI is InChI=1S/C22H32F2N2O/c1-3-16-11-22(12-16)13-17(14-22)6-8-26-9-7-25-27-20-5-4-19(21(2,23)24)10-18(20)15-26/h4-5,10,16-17,25H,3,6-9,11-15H2,1-2H3. The Kier molecular flexibility index (Phi) is 5.19. The molecule has 1 spiro atoms. The quantitative estimate of drug-likeness (QED) is 0.771. The van der Waals surface area contributed by atoms with E-state index in [0.717, 1.165) is 44.0 Å². The second-order valence-electron chi connectivity index (χ2n) is 9.23. The van der Waals surface area contributed by atoms with Crippen molar-refractivity contribution in [2.45, 2.75) is 64.8 Å². The molecule has 0 aromatic heterocycles. The van der Waals surface area contributed by atoms with Gasteiger partial charge in [0, 0.05) is 37.7 Å². The van der Waals surface area contributed by atoms with Crippen LogP contribution >= 0.6 is 0 Å². The van der Waals surface area contributed by atoms with Crippen LogP contribution in [0.3, 0.4) is 0 Å². The van der Waals surface area contributed by atoms with Crippen molar-refractivity contribution in [3.63, 3.8) is 0 Å². The summed E-state index contributed by atoms with van der Waals surface area (Å²) in [7, 11) is 0. The van der Waals surface area contributed by atoms with E-state index in [2.05, 4.69) is 17.3 Å². The Morgan fingerprint density at radius 2 is 1.96 bits per heavy atom. The highest BCUT2D eigenvalue weighted by molar-refractivity contribution is 5.38. The monoisotopic (exact) mass is 378 g/mol. The number of hydrogen-bond acceptors (Lipinski definition) is 3. The lowest BCUT2D eigenvalue weighted by molar-refractivity contribution is -0.0734. The number of halogens is 2. The first-order chi connectivity index (χ1) is 12.9. The molecule has 3 aliphatic rings. The Hall–Kier alpha value is -1.20. The summed E-state index contributed by atoms with van der Waals surface area (Å²) in [6.07, 6.45) is 8.27. The third-order valence-electron chi connectivity index (χ3n) is 6.99. The fraction of sp³-hybridized carbons (Fsp3) is 0.727. The number of benzene rings is 1. The lowest BCUT2D eigenvalue weighted by Gasteiger charge is -2.58. The molecule has 1 aromatic rings. The summed E-state index contributed by atoms with van der Waals surface area (Å²) >= 11 is 0. The van der Waals surface area contributed by atoms with Crippen molar-refractivity contribution < 1.29 is 13.6 Å².